The van der Waals surface area contributed by atoms with Crippen LogP contribution in [0, 0.1) is 0 Å². The van der Waals surface area contributed by atoms with Crippen molar-refractivity contribution in [2.45, 2.75) is 12.6 Å². The fourth-order valence-electron chi connectivity index (χ4n) is 2.28. The largest absolute Gasteiger partial charge is 0.329 e. The highest BCUT2D eigenvalue weighted by Crippen LogP contribution is 2.28. The van der Waals surface area contributed by atoms with E-state index in [0.29, 0.717) is 11.6 Å². The Labute approximate surface area is 147 Å². The van der Waals surface area contributed by atoms with Crippen LogP contribution in [-0.4, -0.2) is 18.5 Å². The summed E-state index contributed by atoms with van der Waals surface area (Å²) in [6, 6.07) is 14.5. The Bertz CT molecular complexity index is 602. The minimum Gasteiger partial charge on any atom is -0.329 e. The van der Waals surface area contributed by atoms with Crippen molar-refractivity contribution in [2.24, 2.45) is 5.73 Å². The van der Waals surface area contributed by atoms with Crippen LogP contribution in [0.1, 0.15) is 17.2 Å². The molecule has 1 unspecified atom stereocenters. The van der Waals surface area contributed by atoms with Crippen molar-refractivity contribution in [1.29, 1.82) is 0 Å². The summed E-state index contributed by atoms with van der Waals surface area (Å²) in [5.74, 6) is 0. The predicted octanol–water partition coefficient (Wildman–Crippen LogP) is 5.00. The molecule has 0 aliphatic heterocycles. The topological polar surface area (TPSA) is 29.3 Å². The summed E-state index contributed by atoms with van der Waals surface area (Å²) >= 11 is 13.0. The van der Waals surface area contributed by atoms with E-state index in [4.69, 9.17) is 17.3 Å². The number of hydrogen-bond acceptors (Lipinski definition) is 2. The maximum Gasteiger partial charge on any atom is 0.0548 e. The van der Waals surface area contributed by atoms with Gasteiger partial charge in [-0.3, -0.25) is 4.90 Å². The highest BCUT2D eigenvalue weighted by molar-refractivity contribution is 9.10. The van der Waals surface area contributed by atoms with E-state index in [-0.39, 0.29) is 6.04 Å². The first-order valence-corrected chi connectivity index (χ1v) is 8.57. The Morgan fingerprint density at radius 1 is 1.14 bits per heavy atom. The minimum atomic E-state index is 0.155. The molecule has 0 spiro atoms. The molecule has 5 heteroatoms. The minimum absolute atomic E-state index is 0.155. The van der Waals surface area contributed by atoms with Crippen LogP contribution < -0.4 is 5.73 Å². The van der Waals surface area contributed by atoms with E-state index in [1.165, 1.54) is 5.56 Å². The Kier molecular flexibility index (Phi) is 6.26. The van der Waals surface area contributed by atoms with Crippen LogP contribution in [0.3, 0.4) is 0 Å². The van der Waals surface area contributed by atoms with Gasteiger partial charge in [-0.1, -0.05) is 45.7 Å². The second kappa shape index (κ2) is 7.75. The third-order valence-corrected chi connectivity index (χ3v) is 5.17. The fraction of sp³-hybridized carbons (Fsp3) is 0.250. The molecular formula is C16H17Br2ClN2. The van der Waals surface area contributed by atoms with Gasteiger partial charge in [0.25, 0.3) is 0 Å². The van der Waals surface area contributed by atoms with Crippen LogP contribution >= 0.6 is 43.5 Å². The average molecular weight is 433 g/mol. The van der Waals surface area contributed by atoms with Crippen molar-refractivity contribution in [2.75, 3.05) is 13.6 Å². The van der Waals surface area contributed by atoms with Gasteiger partial charge in [-0.2, -0.15) is 0 Å². The molecule has 2 aromatic carbocycles. The van der Waals surface area contributed by atoms with Gasteiger partial charge in [0.1, 0.15) is 0 Å². The van der Waals surface area contributed by atoms with E-state index in [0.717, 1.165) is 21.1 Å². The van der Waals surface area contributed by atoms with E-state index >= 15 is 0 Å². The molecule has 21 heavy (non-hydrogen) atoms. The molecule has 0 aliphatic carbocycles. The van der Waals surface area contributed by atoms with E-state index in [2.05, 4.69) is 68.1 Å². The third kappa shape index (κ3) is 4.54. The zero-order chi connectivity index (χ0) is 15.4. The monoisotopic (exact) mass is 430 g/mol. The number of nitrogens with two attached hydrogens (primary N) is 1. The molecule has 1 atom stereocenters. The van der Waals surface area contributed by atoms with Crippen molar-refractivity contribution in [1.82, 2.24) is 4.90 Å². The molecule has 0 saturated heterocycles. The lowest BCUT2D eigenvalue weighted by Gasteiger charge is -2.27. The first kappa shape index (κ1) is 17.0. The quantitative estimate of drug-likeness (QED) is 0.721. The predicted molar refractivity (Wildman–Crippen MR) is 96.6 cm³/mol. The normalized spacial score (nSPS) is 12.7. The molecule has 0 fully saturated rings. The highest BCUT2D eigenvalue weighted by Gasteiger charge is 2.16. The molecule has 0 saturated carbocycles. The van der Waals surface area contributed by atoms with Crippen LogP contribution in [0.4, 0.5) is 0 Å². The lowest BCUT2D eigenvalue weighted by molar-refractivity contribution is 0.242. The highest BCUT2D eigenvalue weighted by atomic mass is 79.9. The maximum absolute atomic E-state index is 6.06. The first-order chi connectivity index (χ1) is 10.0. The molecule has 112 valence electrons. The van der Waals surface area contributed by atoms with Gasteiger partial charge in [-0.25, -0.2) is 0 Å². The number of rotatable bonds is 5. The molecule has 2 aromatic rings. The van der Waals surface area contributed by atoms with Gasteiger partial charge < -0.3 is 5.73 Å². The molecule has 0 bridgehead atoms. The fourth-order valence-corrected chi connectivity index (χ4v) is 3.06. The zero-order valence-corrected chi connectivity index (χ0v) is 15.6. The van der Waals surface area contributed by atoms with Crippen LogP contribution in [0.25, 0.3) is 0 Å². The average Bonchev–Trinajstić information content (AvgIpc) is 2.46. The number of hydrogen-bond donors (Lipinski definition) is 1. The molecule has 2 N–H and O–H groups in total. The van der Waals surface area contributed by atoms with Crippen molar-refractivity contribution < 1.29 is 0 Å². The van der Waals surface area contributed by atoms with Crippen LogP contribution in [-0.2, 0) is 6.54 Å². The smallest absolute Gasteiger partial charge is 0.0548 e. The lowest BCUT2D eigenvalue weighted by atomic mass is 10.0. The summed E-state index contributed by atoms with van der Waals surface area (Å²) in [7, 11) is 2.09. The van der Waals surface area contributed by atoms with Gasteiger partial charge in [0.2, 0.25) is 0 Å². The Hall–Kier alpha value is -0.390. The van der Waals surface area contributed by atoms with Gasteiger partial charge in [0, 0.05) is 28.1 Å². The van der Waals surface area contributed by atoms with Gasteiger partial charge in [-0.05, 0) is 58.4 Å². The van der Waals surface area contributed by atoms with Crippen LogP contribution in [0.5, 0.6) is 0 Å². The molecule has 0 amide bonds. The number of likely N-dealkylation sites (N-methyl/N-ethyl adjacent to an activating group) is 1. The summed E-state index contributed by atoms with van der Waals surface area (Å²) in [4.78, 5) is 2.25. The van der Waals surface area contributed by atoms with E-state index in [9.17, 15) is 0 Å². The van der Waals surface area contributed by atoms with E-state index in [1.807, 2.05) is 18.2 Å². The van der Waals surface area contributed by atoms with Crippen LogP contribution in [0.2, 0.25) is 5.02 Å². The van der Waals surface area contributed by atoms with Crippen molar-refractivity contribution >= 4 is 43.5 Å². The second-order valence-electron chi connectivity index (χ2n) is 4.97. The molecule has 0 aromatic heterocycles. The van der Waals surface area contributed by atoms with Gasteiger partial charge in [0.05, 0.1) is 5.02 Å². The Morgan fingerprint density at radius 2 is 1.81 bits per heavy atom. The lowest BCUT2D eigenvalue weighted by Crippen LogP contribution is -2.30. The molecule has 0 heterocycles. The molecule has 2 nitrogen and oxygen atoms in total. The second-order valence-corrected chi connectivity index (χ2v) is 7.14. The van der Waals surface area contributed by atoms with E-state index < -0.39 is 0 Å². The summed E-state index contributed by atoms with van der Waals surface area (Å²) in [6.45, 7) is 1.40. The molecule has 0 radical (unpaired) electrons. The Morgan fingerprint density at radius 3 is 2.38 bits per heavy atom. The number of nitrogens with zero attached hydrogens (tertiary/aromatic N) is 1. The van der Waals surface area contributed by atoms with Crippen LogP contribution in [0.15, 0.2) is 51.4 Å². The molecular weight excluding hydrogens is 415 g/mol. The van der Waals surface area contributed by atoms with Gasteiger partial charge in [-0.15, -0.1) is 0 Å². The number of benzene rings is 2. The summed E-state index contributed by atoms with van der Waals surface area (Å²) in [6.07, 6.45) is 0. The number of halogens is 3. The maximum atomic E-state index is 6.06. The first-order valence-electron chi connectivity index (χ1n) is 6.61. The standard InChI is InChI=1S/C16H17Br2ClN2/c1-21(10-11-2-5-13(17)6-3-11)16(9-20)12-4-7-15(19)14(18)8-12/h2-8,16H,9-10,20H2,1H3. The zero-order valence-electron chi connectivity index (χ0n) is 11.7. The van der Waals surface area contributed by atoms with Crippen molar-refractivity contribution in [3.63, 3.8) is 0 Å². The SMILES string of the molecule is CN(Cc1ccc(Br)cc1)C(CN)c1ccc(Cl)c(Br)c1. The summed E-state index contributed by atoms with van der Waals surface area (Å²) in [5, 5.41) is 0.713. The summed E-state index contributed by atoms with van der Waals surface area (Å²) in [5.41, 5.74) is 8.39. The van der Waals surface area contributed by atoms with Crippen molar-refractivity contribution in [3.8, 4) is 0 Å². The Balaban J connectivity index is 2.15. The molecule has 2 rings (SSSR count). The third-order valence-electron chi connectivity index (χ3n) is 3.43. The molecule has 0 aliphatic rings. The summed E-state index contributed by atoms with van der Waals surface area (Å²) < 4.78 is 1.99. The van der Waals surface area contributed by atoms with Gasteiger partial charge >= 0.3 is 0 Å². The van der Waals surface area contributed by atoms with Crippen molar-refractivity contribution in [3.05, 3.63) is 67.6 Å². The van der Waals surface area contributed by atoms with E-state index in [1.54, 1.807) is 0 Å². The van der Waals surface area contributed by atoms with Gasteiger partial charge in [0.15, 0.2) is 0 Å².